The van der Waals surface area contributed by atoms with E-state index in [4.69, 9.17) is 5.73 Å². The van der Waals surface area contributed by atoms with Gasteiger partial charge in [-0.05, 0) is 18.1 Å². The van der Waals surface area contributed by atoms with E-state index >= 15 is 0 Å². The summed E-state index contributed by atoms with van der Waals surface area (Å²) in [6, 6.07) is 3.87. The molecule has 0 unspecified atom stereocenters. The first-order valence-electron chi connectivity index (χ1n) is 6.36. The lowest BCUT2D eigenvalue weighted by Crippen LogP contribution is -2.29. The van der Waals surface area contributed by atoms with Crippen LogP contribution in [0.2, 0.25) is 0 Å². The highest BCUT2D eigenvalue weighted by atomic mass is 32.2. The van der Waals surface area contributed by atoms with E-state index in [1.165, 1.54) is 18.2 Å². The van der Waals surface area contributed by atoms with Crippen LogP contribution in [-0.2, 0) is 10.0 Å². The van der Waals surface area contributed by atoms with Crippen LogP contribution in [-0.4, -0.2) is 19.9 Å². The smallest absolute Gasteiger partial charge is 0.312 e. The van der Waals surface area contributed by atoms with Gasteiger partial charge in [0.15, 0.2) is 4.90 Å². The summed E-state index contributed by atoms with van der Waals surface area (Å²) in [6.07, 6.45) is 1.66. The van der Waals surface area contributed by atoms with Crippen LogP contribution in [0.4, 0.5) is 11.4 Å². The highest BCUT2D eigenvalue weighted by molar-refractivity contribution is 7.89. The first-order chi connectivity index (χ1) is 9.33. The van der Waals surface area contributed by atoms with Crippen molar-refractivity contribution in [3.8, 4) is 0 Å². The molecule has 1 aromatic carbocycles. The number of nitro groups is 1. The molecule has 0 spiro atoms. The molecule has 0 heterocycles. The number of anilines is 1. The zero-order valence-electron chi connectivity index (χ0n) is 11.5. The van der Waals surface area contributed by atoms with Crippen LogP contribution in [0.15, 0.2) is 23.1 Å². The highest BCUT2D eigenvalue weighted by Gasteiger charge is 2.28. The lowest BCUT2D eigenvalue weighted by atomic mass is 10.0. The van der Waals surface area contributed by atoms with Crippen molar-refractivity contribution < 1.29 is 13.3 Å². The standard InChI is InChI=1S/C12H19N3O4S/c1-3-9(4-2)8-14-20(18,19)11-7-5-6-10(13)12(11)15(16)17/h5-7,9,14H,3-4,8,13H2,1-2H3. The van der Waals surface area contributed by atoms with Gasteiger partial charge in [0.25, 0.3) is 0 Å². The van der Waals surface area contributed by atoms with Gasteiger partial charge in [-0.15, -0.1) is 0 Å². The monoisotopic (exact) mass is 301 g/mol. The van der Waals surface area contributed by atoms with Crippen LogP contribution >= 0.6 is 0 Å². The minimum atomic E-state index is -3.95. The van der Waals surface area contributed by atoms with Crippen molar-refractivity contribution in [2.24, 2.45) is 5.92 Å². The number of benzene rings is 1. The minimum Gasteiger partial charge on any atom is -0.393 e. The van der Waals surface area contributed by atoms with E-state index in [1.54, 1.807) is 0 Å². The third-order valence-corrected chi connectivity index (χ3v) is 4.67. The van der Waals surface area contributed by atoms with E-state index in [9.17, 15) is 18.5 Å². The van der Waals surface area contributed by atoms with Crippen LogP contribution < -0.4 is 10.5 Å². The number of nitrogens with zero attached hydrogens (tertiary/aromatic N) is 1. The molecule has 0 aromatic heterocycles. The largest absolute Gasteiger partial charge is 0.393 e. The second kappa shape index (κ2) is 6.67. The molecule has 0 aliphatic carbocycles. The summed E-state index contributed by atoms with van der Waals surface area (Å²) in [7, 11) is -3.95. The summed E-state index contributed by atoms with van der Waals surface area (Å²) in [5, 5.41) is 11.0. The third kappa shape index (κ3) is 3.67. The summed E-state index contributed by atoms with van der Waals surface area (Å²) in [5.41, 5.74) is 4.75. The van der Waals surface area contributed by atoms with E-state index in [1.807, 2.05) is 13.8 Å². The van der Waals surface area contributed by atoms with Crippen molar-refractivity contribution in [3.63, 3.8) is 0 Å². The summed E-state index contributed by atoms with van der Waals surface area (Å²) in [4.78, 5) is 9.80. The second-order valence-corrected chi connectivity index (χ2v) is 6.22. The Labute approximate surface area is 118 Å². The van der Waals surface area contributed by atoms with Gasteiger partial charge in [-0.3, -0.25) is 10.1 Å². The molecule has 0 saturated heterocycles. The molecule has 7 nitrogen and oxygen atoms in total. The maximum atomic E-state index is 12.2. The molecule has 0 saturated carbocycles. The van der Waals surface area contributed by atoms with E-state index < -0.39 is 25.5 Å². The molecule has 112 valence electrons. The van der Waals surface area contributed by atoms with Crippen molar-refractivity contribution in [1.82, 2.24) is 4.72 Å². The van der Waals surface area contributed by atoms with Gasteiger partial charge in [0, 0.05) is 6.54 Å². The molecular weight excluding hydrogens is 282 g/mol. The molecule has 1 aromatic rings. The predicted octanol–water partition coefficient (Wildman–Crippen LogP) is 1.89. The molecule has 0 aliphatic heterocycles. The van der Waals surface area contributed by atoms with E-state index in [0.717, 1.165) is 12.8 Å². The molecule has 0 radical (unpaired) electrons. The first-order valence-corrected chi connectivity index (χ1v) is 7.84. The Morgan fingerprint density at radius 2 is 1.95 bits per heavy atom. The molecule has 0 amide bonds. The minimum absolute atomic E-state index is 0.166. The second-order valence-electron chi connectivity index (χ2n) is 4.49. The van der Waals surface area contributed by atoms with Gasteiger partial charge in [-0.1, -0.05) is 32.8 Å². The number of hydrogen-bond acceptors (Lipinski definition) is 5. The normalized spacial score (nSPS) is 11.8. The maximum Gasteiger partial charge on any atom is 0.312 e. The van der Waals surface area contributed by atoms with Gasteiger partial charge in [0.05, 0.1) is 4.92 Å². The number of nitro benzene ring substituents is 1. The van der Waals surface area contributed by atoms with Gasteiger partial charge in [0.1, 0.15) is 5.69 Å². The highest BCUT2D eigenvalue weighted by Crippen LogP contribution is 2.29. The molecule has 0 fully saturated rings. The van der Waals surface area contributed by atoms with E-state index in [0.29, 0.717) is 0 Å². The fourth-order valence-electron chi connectivity index (χ4n) is 1.83. The Hall–Kier alpha value is -1.67. The van der Waals surface area contributed by atoms with Crippen molar-refractivity contribution in [3.05, 3.63) is 28.3 Å². The van der Waals surface area contributed by atoms with Gasteiger partial charge < -0.3 is 5.73 Å². The lowest BCUT2D eigenvalue weighted by molar-refractivity contribution is -0.386. The van der Waals surface area contributed by atoms with Gasteiger partial charge in [-0.25, -0.2) is 13.1 Å². The quantitative estimate of drug-likeness (QED) is 0.453. The Balaban J connectivity index is 3.10. The first kappa shape index (κ1) is 16.4. The fraction of sp³-hybridized carbons (Fsp3) is 0.500. The lowest BCUT2D eigenvalue weighted by Gasteiger charge is -2.14. The molecule has 20 heavy (non-hydrogen) atoms. The van der Waals surface area contributed by atoms with Crippen molar-refractivity contribution in [2.75, 3.05) is 12.3 Å². The number of nitrogen functional groups attached to an aromatic ring is 1. The number of nitrogens with two attached hydrogens (primary N) is 1. The Kier molecular flexibility index (Phi) is 5.46. The average molecular weight is 301 g/mol. The maximum absolute atomic E-state index is 12.2. The third-order valence-electron chi connectivity index (χ3n) is 3.22. The zero-order valence-corrected chi connectivity index (χ0v) is 12.3. The number of hydrogen-bond donors (Lipinski definition) is 2. The topological polar surface area (TPSA) is 115 Å². The molecule has 0 bridgehead atoms. The summed E-state index contributed by atoms with van der Waals surface area (Å²) >= 11 is 0. The van der Waals surface area contributed by atoms with Gasteiger partial charge in [0.2, 0.25) is 10.0 Å². The van der Waals surface area contributed by atoms with Gasteiger partial charge >= 0.3 is 5.69 Å². The van der Waals surface area contributed by atoms with Crippen molar-refractivity contribution in [2.45, 2.75) is 31.6 Å². The summed E-state index contributed by atoms with van der Waals surface area (Å²) in [6.45, 7) is 4.18. The molecule has 1 rings (SSSR count). The van der Waals surface area contributed by atoms with Gasteiger partial charge in [-0.2, -0.15) is 0 Å². The average Bonchev–Trinajstić information content (AvgIpc) is 2.39. The summed E-state index contributed by atoms with van der Waals surface area (Å²) < 4.78 is 26.8. The fourth-order valence-corrected chi connectivity index (χ4v) is 3.15. The summed E-state index contributed by atoms with van der Waals surface area (Å²) in [5.74, 6) is 0.199. The van der Waals surface area contributed by atoms with Crippen molar-refractivity contribution in [1.29, 1.82) is 0 Å². The number of para-hydroxylation sites is 1. The SMILES string of the molecule is CCC(CC)CNS(=O)(=O)c1cccc(N)c1[N+](=O)[O-]. The molecular formula is C12H19N3O4S. The van der Waals surface area contributed by atoms with Crippen LogP contribution in [0.3, 0.4) is 0 Å². The Bertz CT molecular complexity index is 582. The Morgan fingerprint density at radius 3 is 2.45 bits per heavy atom. The van der Waals surface area contributed by atoms with E-state index in [2.05, 4.69) is 4.72 Å². The Morgan fingerprint density at radius 1 is 1.35 bits per heavy atom. The van der Waals surface area contributed by atoms with E-state index in [-0.39, 0.29) is 18.2 Å². The predicted molar refractivity (Wildman–Crippen MR) is 76.8 cm³/mol. The molecule has 3 N–H and O–H groups in total. The van der Waals surface area contributed by atoms with Crippen molar-refractivity contribution >= 4 is 21.4 Å². The van der Waals surface area contributed by atoms with Crippen LogP contribution in [0.5, 0.6) is 0 Å². The number of rotatable bonds is 7. The van der Waals surface area contributed by atoms with Crippen LogP contribution in [0.25, 0.3) is 0 Å². The molecule has 0 aliphatic rings. The molecule has 0 atom stereocenters. The van der Waals surface area contributed by atoms with Crippen LogP contribution in [0, 0.1) is 16.0 Å². The van der Waals surface area contributed by atoms with Crippen LogP contribution in [0.1, 0.15) is 26.7 Å². The number of nitrogens with one attached hydrogen (secondary N) is 1. The molecule has 8 heteroatoms. The number of sulfonamides is 1. The zero-order chi connectivity index (χ0) is 15.3.